The van der Waals surface area contributed by atoms with Crippen molar-refractivity contribution in [3.05, 3.63) is 34.7 Å². The summed E-state index contributed by atoms with van der Waals surface area (Å²) < 4.78 is 19.4. The molecule has 1 aromatic carbocycles. The van der Waals surface area contributed by atoms with Gasteiger partial charge < -0.3 is 4.74 Å². The lowest BCUT2D eigenvalue weighted by Gasteiger charge is -2.07. The van der Waals surface area contributed by atoms with Crippen LogP contribution >= 0.6 is 15.9 Å². The van der Waals surface area contributed by atoms with Crippen molar-refractivity contribution in [3.63, 3.8) is 0 Å². The molecule has 15 heavy (non-hydrogen) atoms. The molecule has 0 aliphatic rings. The summed E-state index contributed by atoms with van der Waals surface area (Å²) in [7, 11) is 1.50. The van der Waals surface area contributed by atoms with Crippen molar-refractivity contribution >= 4 is 15.9 Å². The van der Waals surface area contributed by atoms with Gasteiger partial charge in [-0.25, -0.2) is 4.39 Å². The average Bonchev–Trinajstić information content (AvgIpc) is 2.64. The second kappa shape index (κ2) is 4.02. The van der Waals surface area contributed by atoms with E-state index in [0.717, 1.165) is 0 Å². The first-order chi connectivity index (χ1) is 7.24. The third kappa shape index (κ3) is 1.74. The Bertz CT molecular complexity index is 484. The van der Waals surface area contributed by atoms with Crippen molar-refractivity contribution in [1.82, 2.24) is 10.2 Å². The minimum atomic E-state index is -0.348. The first-order valence-electron chi connectivity index (χ1n) is 4.25. The Hall–Kier alpha value is -1.36. The van der Waals surface area contributed by atoms with Crippen LogP contribution in [0.4, 0.5) is 4.39 Å². The molecule has 2 aromatic rings. The van der Waals surface area contributed by atoms with Gasteiger partial charge in [0.1, 0.15) is 11.6 Å². The highest BCUT2D eigenvalue weighted by molar-refractivity contribution is 9.10. The highest BCUT2D eigenvalue weighted by atomic mass is 79.9. The monoisotopic (exact) mass is 270 g/mol. The second-order valence-corrected chi connectivity index (χ2v) is 3.76. The van der Waals surface area contributed by atoms with Gasteiger partial charge in [0.05, 0.1) is 29.0 Å². The fraction of sp³-hybridized carbons (Fsp3) is 0.100. The van der Waals surface area contributed by atoms with E-state index in [2.05, 4.69) is 26.1 Å². The lowest BCUT2D eigenvalue weighted by molar-refractivity contribution is 0.413. The molecule has 0 saturated heterocycles. The molecular formula is C10H8BrFN2O. The predicted octanol–water partition coefficient (Wildman–Crippen LogP) is 2.99. The largest absolute Gasteiger partial charge is 0.496 e. The summed E-state index contributed by atoms with van der Waals surface area (Å²) >= 11 is 3.28. The van der Waals surface area contributed by atoms with Crippen LogP contribution in [0.3, 0.4) is 0 Å². The number of hydrogen-bond acceptors (Lipinski definition) is 2. The molecule has 0 aliphatic heterocycles. The highest BCUT2D eigenvalue weighted by Crippen LogP contribution is 2.34. The van der Waals surface area contributed by atoms with Crippen LogP contribution in [0.2, 0.25) is 0 Å². The molecule has 1 aromatic heterocycles. The fourth-order valence-corrected chi connectivity index (χ4v) is 1.75. The van der Waals surface area contributed by atoms with Crippen LogP contribution in [0.25, 0.3) is 11.3 Å². The smallest absolute Gasteiger partial charge is 0.136 e. The van der Waals surface area contributed by atoms with Crippen molar-refractivity contribution in [1.29, 1.82) is 0 Å². The molecule has 0 fully saturated rings. The number of nitrogens with zero attached hydrogens (tertiary/aromatic N) is 1. The summed E-state index contributed by atoms with van der Waals surface area (Å²) in [6, 6.07) is 4.68. The number of hydrogen-bond donors (Lipinski definition) is 1. The summed E-state index contributed by atoms with van der Waals surface area (Å²) in [6.45, 7) is 0. The number of aromatic nitrogens is 2. The molecule has 0 radical (unpaired) electrons. The Kier molecular flexibility index (Phi) is 2.73. The number of ether oxygens (including phenoxy) is 1. The Morgan fingerprint density at radius 3 is 2.87 bits per heavy atom. The number of halogens is 2. The molecule has 0 amide bonds. The van der Waals surface area contributed by atoms with Crippen LogP contribution < -0.4 is 4.74 Å². The van der Waals surface area contributed by atoms with Crippen LogP contribution in [-0.2, 0) is 0 Å². The maximum Gasteiger partial charge on any atom is 0.136 e. The van der Waals surface area contributed by atoms with E-state index in [1.165, 1.54) is 13.2 Å². The van der Waals surface area contributed by atoms with Gasteiger partial charge in [0.25, 0.3) is 0 Å². The van der Waals surface area contributed by atoms with Crippen molar-refractivity contribution in [3.8, 4) is 17.0 Å². The Balaban J connectivity index is 2.66. The summed E-state index contributed by atoms with van der Waals surface area (Å²) in [4.78, 5) is 0. The molecule has 0 spiro atoms. The van der Waals surface area contributed by atoms with Gasteiger partial charge in [-0.15, -0.1) is 0 Å². The average molecular weight is 271 g/mol. The minimum Gasteiger partial charge on any atom is -0.496 e. The summed E-state index contributed by atoms with van der Waals surface area (Å²) in [6.07, 6.45) is 1.57. The van der Waals surface area contributed by atoms with E-state index in [1.54, 1.807) is 18.3 Å². The van der Waals surface area contributed by atoms with Crippen LogP contribution in [0.15, 0.2) is 28.9 Å². The molecule has 2 rings (SSSR count). The highest BCUT2D eigenvalue weighted by Gasteiger charge is 2.15. The molecule has 1 heterocycles. The van der Waals surface area contributed by atoms with Crippen LogP contribution in [0.5, 0.6) is 5.75 Å². The van der Waals surface area contributed by atoms with Crippen LogP contribution in [0.1, 0.15) is 0 Å². The van der Waals surface area contributed by atoms with Gasteiger partial charge in [-0.05, 0) is 28.1 Å². The van der Waals surface area contributed by atoms with Crippen LogP contribution in [0, 0.1) is 5.82 Å². The van der Waals surface area contributed by atoms with E-state index < -0.39 is 0 Å². The van der Waals surface area contributed by atoms with E-state index in [1.807, 2.05) is 0 Å². The molecule has 0 bridgehead atoms. The van der Waals surface area contributed by atoms with E-state index in [4.69, 9.17) is 4.74 Å². The maximum atomic E-state index is 13.6. The van der Waals surface area contributed by atoms with E-state index in [-0.39, 0.29) is 5.82 Å². The van der Waals surface area contributed by atoms with Crippen molar-refractivity contribution in [2.75, 3.05) is 7.11 Å². The molecule has 0 unspecified atom stereocenters. The lowest BCUT2D eigenvalue weighted by atomic mass is 10.1. The fourth-order valence-electron chi connectivity index (χ4n) is 1.36. The Labute approximate surface area is 94.4 Å². The van der Waals surface area contributed by atoms with Crippen molar-refractivity contribution < 1.29 is 9.13 Å². The molecule has 0 aliphatic carbocycles. The van der Waals surface area contributed by atoms with Gasteiger partial charge >= 0.3 is 0 Å². The molecule has 78 valence electrons. The van der Waals surface area contributed by atoms with E-state index >= 15 is 0 Å². The number of benzene rings is 1. The van der Waals surface area contributed by atoms with Crippen LogP contribution in [-0.4, -0.2) is 17.3 Å². The van der Waals surface area contributed by atoms with Gasteiger partial charge in [0, 0.05) is 0 Å². The van der Waals surface area contributed by atoms with Gasteiger partial charge in [-0.3, -0.25) is 5.10 Å². The standard InChI is InChI=1S/C10H8BrFN2O/c1-15-8-4-2-3-7(12)9(8)10-6(11)5-13-14-10/h2-5H,1H3,(H,13,14). The molecule has 0 atom stereocenters. The summed E-state index contributed by atoms with van der Waals surface area (Å²) in [5.41, 5.74) is 0.953. The van der Waals surface area contributed by atoms with Gasteiger partial charge in [-0.1, -0.05) is 6.07 Å². The molecule has 5 heteroatoms. The third-order valence-electron chi connectivity index (χ3n) is 2.04. The number of H-pyrrole nitrogens is 1. The number of aromatic amines is 1. The zero-order valence-corrected chi connectivity index (χ0v) is 9.51. The summed E-state index contributed by atoms with van der Waals surface area (Å²) in [5.74, 6) is 0.124. The summed E-state index contributed by atoms with van der Waals surface area (Å²) in [5, 5.41) is 6.54. The topological polar surface area (TPSA) is 37.9 Å². The van der Waals surface area contributed by atoms with Gasteiger partial charge in [0.2, 0.25) is 0 Å². The quantitative estimate of drug-likeness (QED) is 0.911. The minimum absolute atomic E-state index is 0.348. The van der Waals surface area contributed by atoms with E-state index in [9.17, 15) is 4.39 Å². The van der Waals surface area contributed by atoms with Gasteiger partial charge in [0.15, 0.2) is 0 Å². The zero-order valence-electron chi connectivity index (χ0n) is 7.92. The normalized spacial score (nSPS) is 10.3. The number of methoxy groups -OCH3 is 1. The predicted molar refractivity (Wildman–Crippen MR) is 58.2 cm³/mol. The lowest BCUT2D eigenvalue weighted by Crippen LogP contribution is -1.92. The SMILES string of the molecule is COc1cccc(F)c1-c1[nH]ncc1Br. The molecule has 0 saturated carbocycles. The van der Waals surface area contributed by atoms with Crippen molar-refractivity contribution in [2.45, 2.75) is 0 Å². The first kappa shape index (κ1) is 10.2. The maximum absolute atomic E-state index is 13.6. The number of nitrogens with one attached hydrogen (secondary N) is 1. The Morgan fingerprint density at radius 2 is 2.27 bits per heavy atom. The first-order valence-corrected chi connectivity index (χ1v) is 5.05. The zero-order chi connectivity index (χ0) is 10.8. The van der Waals surface area contributed by atoms with Gasteiger partial charge in [-0.2, -0.15) is 5.10 Å². The van der Waals surface area contributed by atoms with Crippen molar-refractivity contribution in [2.24, 2.45) is 0 Å². The molecular weight excluding hydrogens is 263 g/mol. The second-order valence-electron chi connectivity index (χ2n) is 2.91. The molecule has 3 nitrogen and oxygen atoms in total. The number of rotatable bonds is 2. The third-order valence-corrected chi connectivity index (χ3v) is 2.64. The molecule has 1 N–H and O–H groups in total. The van der Waals surface area contributed by atoms with E-state index in [0.29, 0.717) is 21.5 Å². The Morgan fingerprint density at radius 1 is 1.47 bits per heavy atom.